The van der Waals surface area contributed by atoms with Gasteiger partial charge in [-0.2, -0.15) is 0 Å². The van der Waals surface area contributed by atoms with Gasteiger partial charge in [0.05, 0.1) is 0 Å². The second-order valence-electron chi connectivity index (χ2n) is 4.84. The zero-order valence-electron chi connectivity index (χ0n) is 11.6. The summed E-state index contributed by atoms with van der Waals surface area (Å²) in [5.74, 6) is 0.176. The molecule has 1 unspecified atom stereocenters. The van der Waals surface area contributed by atoms with Crippen molar-refractivity contribution < 1.29 is 4.79 Å². The number of carbonyl (C=O) groups is 1. The molecule has 0 saturated heterocycles. The number of hydrogen-bond acceptors (Lipinski definition) is 2. The summed E-state index contributed by atoms with van der Waals surface area (Å²) >= 11 is 0. The Hall–Kier alpha value is -1.35. The molecule has 1 amide bonds. The molecule has 3 heteroatoms. The summed E-state index contributed by atoms with van der Waals surface area (Å²) < 4.78 is 0. The first-order valence-corrected chi connectivity index (χ1v) is 6.61. The Morgan fingerprint density at radius 2 is 1.83 bits per heavy atom. The topological polar surface area (TPSA) is 46.3 Å². The van der Waals surface area contributed by atoms with E-state index >= 15 is 0 Å². The fourth-order valence-corrected chi connectivity index (χ4v) is 1.98. The standard InChI is InChI=1S/C15H24N2O/c1-4-13-5-7-14(8-6-13)11-17(3)15(18)12(2)9-10-16/h5-8,12H,4,9-11,16H2,1-3H3. The number of aryl methyl sites for hydroxylation is 1. The van der Waals surface area contributed by atoms with E-state index < -0.39 is 0 Å². The summed E-state index contributed by atoms with van der Waals surface area (Å²) in [6, 6.07) is 8.43. The van der Waals surface area contributed by atoms with E-state index in [1.165, 1.54) is 11.1 Å². The second-order valence-corrected chi connectivity index (χ2v) is 4.84. The third kappa shape index (κ3) is 4.15. The molecule has 0 heterocycles. The van der Waals surface area contributed by atoms with Crippen molar-refractivity contribution in [2.45, 2.75) is 33.2 Å². The van der Waals surface area contributed by atoms with Crippen LogP contribution in [0.1, 0.15) is 31.4 Å². The molecule has 0 aromatic heterocycles. The van der Waals surface area contributed by atoms with Crippen LogP contribution in [-0.2, 0) is 17.8 Å². The van der Waals surface area contributed by atoms with E-state index in [0.29, 0.717) is 13.1 Å². The SMILES string of the molecule is CCc1ccc(CN(C)C(=O)C(C)CCN)cc1. The minimum Gasteiger partial charge on any atom is -0.341 e. The van der Waals surface area contributed by atoms with Gasteiger partial charge in [-0.15, -0.1) is 0 Å². The van der Waals surface area contributed by atoms with Crippen molar-refractivity contribution in [1.29, 1.82) is 0 Å². The molecule has 0 bridgehead atoms. The van der Waals surface area contributed by atoms with Crippen molar-refractivity contribution in [3.8, 4) is 0 Å². The first-order valence-electron chi connectivity index (χ1n) is 6.61. The van der Waals surface area contributed by atoms with E-state index in [-0.39, 0.29) is 11.8 Å². The largest absolute Gasteiger partial charge is 0.341 e. The quantitative estimate of drug-likeness (QED) is 0.839. The van der Waals surface area contributed by atoms with Gasteiger partial charge in [0.25, 0.3) is 0 Å². The molecular weight excluding hydrogens is 224 g/mol. The molecule has 1 aromatic carbocycles. The van der Waals surface area contributed by atoms with Gasteiger partial charge in [-0.05, 0) is 30.5 Å². The maximum Gasteiger partial charge on any atom is 0.225 e. The lowest BCUT2D eigenvalue weighted by Crippen LogP contribution is -2.32. The van der Waals surface area contributed by atoms with Gasteiger partial charge in [0.1, 0.15) is 0 Å². The van der Waals surface area contributed by atoms with E-state index in [4.69, 9.17) is 5.73 Å². The van der Waals surface area contributed by atoms with Crippen LogP contribution in [-0.4, -0.2) is 24.4 Å². The van der Waals surface area contributed by atoms with Crippen LogP contribution in [0.25, 0.3) is 0 Å². The summed E-state index contributed by atoms with van der Waals surface area (Å²) in [7, 11) is 1.85. The van der Waals surface area contributed by atoms with Crippen molar-refractivity contribution in [3.63, 3.8) is 0 Å². The molecular formula is C15H24N2O. The molecule has 1 atom stereocenters. The third-order valence-electron chi connectivity index (χ3n) is 3.25. The number of nitrogens with zero attached hydrogens (tertiary/aromatic N) is 1. The summed E-state index contributed by atoms with van der Waals surface area (Å²) in [5, 5.41) is 0. The lowest BCUT2D eigenvalue weighted by atomic mass is 10.1. The van der Waals surface area contributed by atoms with Gasteiger partial charge < -0.3 is 10.6 Å². The van der Waals surface area contributed by atoms with Crippen LogP contribution in [0.2, 0.25) is 0 Å². The van der Waals surface area contributed by atoms with Gasteiger partial charge in [-0.1, -0.05) is 38.1 Å². The van der Waals surface area contributed by atoms with Crippen LogP contribution in [0.5, 0.6) is 0 Å². The van der Waals surface area contributed by atoms with Gasteiger partial charge in [0, 0.05) is 19.5 Å². The molecule has 18 heavy (non-hydrogen) atoms. The van der Waals surface area contributed by atoms with E-state index in [2.05, 4.69) is 31.2 Å². The van der Waals surface area contributed by atoms with E-state index in [9.17, 15) is 4.79 Å². The van der Waals surface area contributed by atoms with E-state index in [1.54, 1.807) is 4.90 Å². The number of rotatable bonds is 6. The number of amides is 1. The number of carbonyl (C=O) groups excluding carboxylic acids is 1. The van der Waals surface area contributed by atoms with Crippen LogP contribution >= 0.6 is 0 Å². The van der Waals surface area contributed by atoms with Crippen molar-refractivity contribution in [3.05, 3.63) is 35.4 Å². The first kappa shape index (κ1) is 14.7. The monoisotopic (exact) mass is 248 g/mol. The van der Waals surface area contributed by atoms with Crippen LogP contribution in [0.15, 0.2) is 24.3 Å². The maximum atomic E-state index is 12.0. The predicted molar refractivity (Wildman–Crippen MR) is 75.1 cm³/mol. The average Bonchev–Trinajstić information content (AvgIpc) is 2.39. The predicted octanol–water partition coefficient (Wildman–Crippen LogP) is 2.19. The van der Waals surface area contributed by atoms with Gasteiger partial charge in [0.15, 0.2) is 0 Å². The molecule has 0 aliphatic carbocycles. The molecule has 0 fully saturated rings. The second kappa shape index (κ2) is 7.17. The number of hydrogen-bond donors (Lipinski definition) is 1. The zero-order valence-corrected chi connectivity index (χ0v) is 11.6. The molecule has 0 saturated carbocycles. The molecule has 0 spiro atoms. The average molecular weight is 248 g/mol. The fourth-order valence-electron chi connectivity index (χ4n) is 1.98. The van der Waals surface area contributed by atoms with Crippen LogP contribution < -0.4 is 5.73 Å². The number of nitrogens with two attached hydrogens (primary N) is 1. The Bertz CT molecular complexity index is 373. The Kier molecular flexibility index (Phi) is 5.86. The highest BCUT2D eigenvalue weighted by Gasteiger charge is 2.16. The smallest absolute Gasteiger partial charge is 0.225 e. The van der Waals surface area contributed by atoms with Crippen LogP contribution in [0.3, 0.4) is 0 Å². The summed E-state index contributed by atoms with van der Waals surface area (Å²) in [6.45, 7) is 5.30. The molecule has 0 radical (unpaired) electrons. The highest BCUT2D eigenvalue weighted by atomic mass is 16.2. The Morgan fingerprint density at radius 3 is 2.33 bits per heavy atom. The lowest BCUT2D eigenvalue weighted by molar-refractivity contribution is -0.134. The van der Waals surface area contributed by atoms with Gasteiger partial charge in [-0.25, -0.2) is 0 Å². The van der Waals surface area contributed by atoms with Gasteiger partial charge in [0.2, 0.25) is 5.91 Å². The maximum absolute atomic E-state index is 12.0. The molecule has 1 aromatic rings. The van der Waals surface area contributed by atoms with Crippen molar-refractivity contribution >= 4 is 5.91 Å². The molecule has 100 valence electrons. The van der Waals surface area contributed by atoms with Gasteiger partial charge >= 0.3 is 0 Å². The minimum atomic E-state index is 0.00918. The third-order valence-corrected chi connectivity index (χ3v) is 3.25. The van der Waals surface area contributed by atoms with Crippen LogP contribution in [0.4, 0.5) is 0 Å². The first-order chi connectivity index (χ1) is 8.58. The fraction of sp³-hybridized carbons (Fsp3) is 0.533. The minimum absolute atomic E-state index is 0.00918. The summed E-state index contributed by atoms with van der Waals surface area (Å²) in [6.07, 6.45) is 1.79. The molecule has 0 aliphatic heterocycles. The normalized spacial score (nSPS) is 12.2. The molecule has 0 aliphatic rings. The summed E-state index contributed by atoms with van der Waals surface area (Å²) in [5.41, 5.74) is 7.97. The Labute approximate surface area is 110 Å². The van der Waals surface area contributed by atoms with Gasteiger partial charge in [-0.3, -0.25) is 4.79 Å². The summed E-state index contributed by atoms with van der Waals surface area (Å²) in [4.78, 5) is 13.8. The van der Waals surface area contributed by atoms with Crippen molar-refractivity contribution in [2.75, 3.05) is 13.6 Å². The molecule has 2 N–H and O–H groups in total. The van der Waals surface area contributed by atoms with E-state index in [1.807, 2.05) is 14.0 Å². The zero-order chi connectivity index (χ0) is 13.5. The van der Waals surface area contributed by atoms with Crippen molar-refractivity contribution in [2.24, 2.45) is 11.7 Å². The molecule has 1 rings (SSSR count). The number of benzene rings is 1. The molecule has 3 nitrogen and oxygen atoms in total. The highest BCUT2D eigenvalue weighted by molar-refractivity contribution is 5.78. The van der Waals surface area contributed by atoms with Crippen LogP contribution in [0, 0.1) is 5.92 Å². The van der Waals surface area contributed by atoms with Crippen molar-refractivity contribution in [1.82, 2.24) is 4.90 Å². The Balaban J connectivity index is 2.57. The highest BCUT2D eigenvalue weighted by Crippen LogP contribution is 2.11. The lowest BCUT2D eigenvalue weighted by Gasteiger charge is -2.21. The Morgan fingerprint density at radius 1 is 1.28 bits per heavy atom. The van der Waals surface area contributed by atoms with E-state index in [0.717, 1.165) is 12.8 Å².